The minimum atomic E-state index is -0.371. The van der Waals surface area contributed by atoms with E-state index >= 15 is 0 Å². The van der Waals surface area contributed by atoms with Crippen molar-refractivity contribution in [3.8, 4) is 11.5 Å². The van der Waals surface area contributed by atoms with Gasteiger partial charge >= 0.3 is 6.03 Å². The molecule has 4 rings (SSSR count). The van der Waals surface area contributed by atoms with Crippen LogP contribution >= 0.6 is 0 Å². The third-order valence-electron chi connectivity index (χ3n) is 6.14. The zero-order chi connectivity index (χ0) is 22.7. The summed E-state index contributed by atoms with van der Waals surface area (Å²) in [7, 11) is 3.14. The lowest BCUT2D eigenvalue weighted by atomic mass is 9.91. The van der Waals surface area contributed by atoms with Crippen molar-refractivity contribution in [3.63, 3.8) is 0 Å². The van der Waals surface area contributed by atoms with Crippen molar-refractivity contribution in [1.29, 1.82) is 0 Å². The van der Waals surface area contributed by atoms with Crippen LogP contribution in [-0.2, 0) is 17.8 Å². The maximum absolute atomic E-state index is 13.7. The van der Waals surface area contributed by atoms with Gasteiger partial charge in [-0.05, 0) is 61.2 Å². The molecule has 2 atom stereocenters. The number of fused-ring (bicyclic) bond motifs is 1. The van der Waals surface area contributed by atoms with E-state index < -0.39 is 0 Å². The van der Waals surface area contributed by atoms with Crippen molar-refractivity contribution in [2.45, 2.75) is 32.0 Å². The highest BCUT2D eigenvalue weighted by Crippen LogP contribution is 2.31. The highest BCUT2D eigenvalue weighted by molar-refractivity contribution is 5.98. The van der Waals surface area contributed by atoms with E-state index in [-0.39, 0.29) is 42.9 Å². The van der Waals surface area contributed by atoms with Crippen molar-refractivity contribution in [1.82, 2.24) is 15.1 Å². The molecule has 2 fully saturated rings. The number of rotatable bonds is 7. The average Bonchev–Trinajstić information content (AvgIpc) is 2.81. The van der Waals surface area contributed by atoms with Crippen LogP contribution in [0.5, 0.6) is 11.5 Å². The van der Waals surface area contributed by atoms with E-state index in [4.69, 9.17) is 9.47 Å². The van der Waals surface area contributed by atoms with E-state index in [2.05, 4.69) is 5.32 Å². The van der Waals surface area contributed by atoms with Crippen molar-refractivity contribution in [3.05, 3.63) is 59.4 Å². The number of imide groups is 1. The number of nitrogens with one attached hydrogen (secondary N) is 1. The van der Waals surface area contributed by atoms with Crippen LogP contribution in [0, 0.1) is 11.7 Å². The van der Waals surface area contributed by atoms with Gasteiger partial charge in [0.1, 0.15) is 5.82 Å². The van der Waals surface area contributed by atoms with Crippen molar-refractivity contribution in [2.24, 2.45) is 5.92 Å². The number of hydrogen-bond donors (Lipinski definition) is 1. The summed E-state index contributed by atoms with van der Waals surface area (Å²) in [6.07, 6.45) is 1.72. The highest BCUT2D eigenvalue weighted by Gasteiger charge is 2.46. The number of piperidine rings is 1. The molecule has 2 aromatic carbocycles. The van der Waals surface area contributed by atoms with Gasteiger partial charge in [-0.15, -0.1) is 0 Å². The summed E-state index contributed by atoms with van der Waals surface area (Å²) in [5, 5.41) is 3.32. The summed E-state index contributed by atoms with van der Waals surface area (Å²) >= 11 is 0. The quantitative estimate of drug-likeness (QED) is 0.715. The molecule has 3 amide bonds. The fraction of sp³-hybridized carbons (Fsp3) is 0.417. The summed E-state index contributed by atoms with van der Waals surface area (Å²) in [6, 6.07) is 11.4. The fourth-order valence-corrected chi connectivity index (χ4v) is 4.51. The number of methoxy groups -OCH3 is 2. The fourth-order valence-electron chi connectivity index (χ4n) is 4.51. The van der Waals surface area contributed by atoms with E-state index in [1.807, 2.05) is 18.2 Å². The first-order valence-corrected chi connectivity index (χ1v) is 10.8. The molecule has 0 aromatic heterocycles. The van der Waals surface area contributed by atoms with Gasteiger partial charge < -0.3 is 14.4 Å². The number of carbonyl (C=O) groups excluding carboxylic acids is 2. The standard InChI is InChI=1S/C24H28FN3O4/c1-31-20-9-8-16(14-21(20)32-2)10-12-27-23(29)19-7-4-11-26-22(19)28(24(27)30)15-17-5-3-6-18(25)13-17/h3,5-6,8-9,13-14,19,22,26H,4,7,10-12,15H2,1-2H3. The van der Waals surface area contributed by atoms with Gasteiger partial charge in [0.2, 0.25) is 5.91 Å². The largest absolute Gasteiger partial charge is 0.493 e. The zero-order valence-electron chi connectivity index (χ0n) is 18.3. The number of hydrogen-bond acceptors (Lipinski definition) is 5. The Morgan fingerprint density at radius 1 is 1.06 bits per heavy atom. The smallest absolute Gasteiger partial charge is 0.328 e. The first-order chi connectivity index (χ1) is 15.5. The van der Waals surface area contributed by atoms with Crippen LogP contribution in [0.2, 0.25) is 0 Å². The Morgan fingerprint density at radius 2 is 1.88 bits per heavy atom. The predicted octanol–water partition coefficient (Wildman–Crippen LogP) is 3.18. The van der Waals surface area contributed by atoms with Crippen LogP contribution in [-0.4, -0.2) is 55.2 Å². The number of amides is 3. The van der Waals surface area contributed by atoms with E-state index in [0.29, 0.717) is 23.5 Å². The minimum Gasteiger partial charge on any atom is -0.493 e. The Morgan fingerprint density at radius 3 is 2.62 bits per heavy atom. The second kappa shape index (κ2) is 9.56. The van der Waals surface area contributed by atoms with Gasteiger partial charge in [0.05, 0.1) is 26.3 Å². The van der Waals surface area contributed by atoms with Crippen molar-refractivity contribution >= 4 is 11.9 Å². The molecule has 2 saturated heterocycles. The van der Waals surface area contributed by atoms with E-state index in [0.717, 1.165) is 24.9 Å². The Labute approximate surface area is 187 Å². The number of benzene rings is 2. The van der Waals surface area contributed by atoms with Crippen LogP contribution in [0.3, 0.4) is 0 Å². The Hall–Kier alpha value is -3.13. The monoisotopic (exact) mass is 441 g/mol. The third kappa shape index (κ3) is 4.41. The van der Waals surface area contributed by atoms with Gasteiger partial charge in [-0.3, -0.25) is 15.0 Å². The normalized spacial score (nSPS) is 20.8. The van der Waals surface area contributed by atoms with Gasteiger partial charge in [0, 0.05) is 13.1 Å². The third-order valence-corrected chi connectivity index (χ3v) is 6.14. The molecule has 0 bridgehead atoms. The number of carbonyl (C=O) groups is 2. The number of urea groups is 1. The average molecular weight is 442 g/mol. The minimum absolute atomic E-state index is 0.150. The van der Waals surface area contributed by atoms with Gasteiger partial charge in [-0.25, -0.2) is 9.18 Å². The van der Waals surface area contributed by atoms with Gasteiger partial charge in [0.15, 0.2) is 11.5 Å². The second-order valence-corrected chi connectivity index (χ2v) is 8.12. The van der Waals surface area contributed by atoms with Gasteiger partial charge in [-0.1, -0.05) is 18.2 Å². The van der Waals surface area contributed by atoms with Crippen LogP contribution < -0.4 is 14.8 Å². The summed E-state index contributed by atoms with van der Waals surface area (Å²) in [4.78, 5) is 29.6. The van der Waals surface area contributed by atoms with Gasteiger partial charge in [0.25, 0.3) is 0 Å². The number of ether oxygens (including phenoxy) is 2. The molecule has 0 spiro atoms. The summed E-state index contributed by atoms with van der Waals surface area (Å²) < 4.78 is 24.3. The Kier molecular flexibility index (Phi) is 6.60. The molecule has 2 heterocycles. The molecule has 170 valence electrons. The van der Waals surface area contributed by atoms with E-state index in [1.54, 1.807) is 31.3 Å². The zero-order valence-corrected chi connectivity index (χ0v) is 18.3. The molecule has 2 aliphatic rings. The molecule has 8 heteroatoms. The molecule has 2 aromatic rings. The molecular weight excluding hydrogens is 413 g/mol. The Balaban J connectivity index is 1.54. The molecule has 32 heavy (non-hydrogen) atoms. The summed E-state index contributed by atoms with van der Waals surface area (Å²) in [5.74, 6) is 0.425. The molecule has 1 N–H and O–H groups in total. The molecule has 0 radical (unpaired) electrons. The molecule has 7 nitrogen and oxygen atoms in total. The number of nitrogens with zero attached hydrogens (tertiary/aromatic N) is 2. The molecule has 0 aliphatic carbocycles. The van der Waals surface area contributed by atoms with Crippen molar-refractivity contribution in [2.75, 3.05) is 27.3 Å². The van der Waals surface area contributed by atoms with Crippen LogP contribution in [0.25, 0.3) is 0 Å². The lowest BCUT2D eigenvalue weighted by Crippen LogP contribution is -2.67. The first-order valence-electron chi connectivity index (χ1n) is 10.8. The molecule has 0 saturated carbocycles. The molecule has 2 aliphatic heterocycles. The lowest BCUT2D eigenvalue weighted by molar-refractivity contribution is -0.141. The SMILES string of the molecule is COc1ccc(CCN2C(=O)C3CCCNC3N(Cc3cccc(F)c3)C2=O)cc1OC. The predicted molar refractivity (Wildman–Crippen MR) is 117 cm³/mol. The van der Waals surface area contributed by atoms with Crippen LogP contribution in [0.4, 0.5) is 9.18 Å². The topological polar surface area (TPSA) is 71.1 Å². The molecule has 2 unspecified atom stereocenters. The van der Waals surface area contributed by atoms with E-state index in [9.17, 15) is 14.0 Å². The second-order valence-electron chi connectivity index (χ2n) is 8.12. The lowest BCUT2D eigenvalue weighted by Gasteiger charge is -2.47. The van der Waals surface area contributed by atoms with Gasteiger partial charge in [-0.2, -0.15) is 0 Å². The van der Waals surface area contributed by atoms with E-state index in [1.165, 1.54) is 17.0 Å². The highest BCUT2D eigenvalue weighted by atomic mass is 19.1. The van der Waals surface area contributed by atoms with Crippen LogP contribution in [0.15, 0.2) is 42.5 Å². The van der Waals surface area contributed by atoms with Crippen molar-refractivity contribution < 1.29 is 23.5 Å². The first kappa shape index (κ1) is 22.1. The molecular formula is C24H28FN3O4. The van der Waals surface area contributed by atoms with Crippen LogP contribution in [0.1, 0.15) is 24.0 Å². The number of halogens is 1. The summed E-state index contributed by atoms with van der Waals surface area (Å²) in [6.45, 7) is 1.24. The maximum Gasteiger partial charge on any atom is 0.328 e. The Bertz CT molecular complexity index is 999. The summed E-state index contributed by atoms with van der Waals surface area (Å²) in [5.41, 5.74) is 1.63. The maximum atomic E-state index is 13.7.